The number of esters is 4. The van der Waals surface area contributed by atoms with Crippen LogP contribution in [-0.4, -0.2) is 96.7 Å². The van der Waals surface area contributed by atoms with Gasteiger partial charge < -0.3 is 33.8 Å². The Kier molecular flexibility index (Phi) is 72.0. The summed E-state index contributed by atoms with van der Waals surface area (Å²) >= 11 is 0. The van der Waals surface area contributed by atoms with Crippen molar-refractivity contribution in [1.82, 2.24) is 0 Å². The van der Waals surface area contributed by atoms with E-state index in [-0.39, 0.29) is 25.7 Å². The van der Waals surface area contributed by atoms with Crippen LogP contribution in [0, 0.1) is 0 Å². The third-order valence-electron chi connectivity index (χ3n) is 16.0. The van der Waals surface area contributed by atoms with Crippen LogP contribution in [0.25, 0.3) is 0 Å². The predicted octanol–water partition coefficient (Wildman–Crippen LogP) is 23.2. The number of carbonyl (C=O) groups is 4. The Morgan fingerprint density at radius 2 is 0.510 bits per heavy atom. The molecular formula is C85H140O17P2. The fourth-order valence-electron chi connectivity index (χ4n) is 10.1. The zero-order valence-electron chi connectivity index (χ0n) is 64.6. The first-order valence-electron chi connectivity index (χ1n) is 39.7. The Bertz CT molecular complexity index is 2590. The molecule has 0 bridgehead atoms. The highest BCUT2D eigenvalue weighted by atomic mass is 31.2. The van der Waals surface area contributed by atoms with Crippen LogP contribution in [0.15, 0.2) is 158 Å². The summed E-state index contributed by atoms with van der Waals surface area (Å²) in [6, 6.07) is 0. The number of phosphoric ester groups is 2. The summed E-state index contributed by atoms with van der Waals surface area (Å²) in [6.45, 7) is 4.41. The van der Waals surface area contributed by atoms with Gasteiger partial charge in [-0.25, -0.2) is 9.13 Å². The van der Waals surface area contributed by atoms with Crippen molar-refractivity contribution in [3.63, 3.8) is 0 Å². The van der Waals surface area contributed by atoms with Crippen LogP contribution >= 0.6 is 15.6 Å². The van der Waals surface area contributed by atoms with Crippen LogP contribution in [-0.2, 0) is 65.4 Å². The van der Waals surface area contributed by atoms with Gasteiger partial charge in [0, 0.05) is 25.7 Å². The average Bonchev–Trinajstić information content (AvgIpc) is 0.939. The SMILES string of the molecule is CC/C=C\C/C=C\C/C=C\C/C=C\C/C=C\CCCCCC(=O)OCC(COP(=O)(O)OCC(O)COP(=O)(O)OCC(COC(=O)CCC/C=C\C/C=C\C/C=C\C/C=C\C/C=C\CC)OC(=O)CCCCCCC/C=C\C/C=C\C/C=C\CC)OC(=O)CCCCCCCCCCCCCCC. The summed E-state index contributed by atoms with van der Waals surface area (Å²) < 4.78 is 68.5. The molecule has 19 heteroatoms. The monoisotopic (exact) mass is 1490 g/mol. The second-order valence-electron chi connectivity index (χ2n) is 25.9. The second kappa shape index (κ2) is 75.9. The molecule has 0 aliphatic carbocycles. The number of carbonyl (C=O) groups excluding carboxylic acids is 4. The molecule has 0 amide bonds. The summed E-state index contributed by atoms with van der Waals surface area (Å²) in [7, 11) is -9.99. The number of hydrogen-bond donors (Lipinski definition) is 3. The second-order valence-corrected chi connectivity index (χ2v) is 28.8. The highest BCUT2D eigenvalue weighted by Gasteiger charge is 2.30. The van der Waals surface area contributed by atoms with Gasteiger partial charge in [0.1, 0.15) is 19.3 Å². The van der Waals surface area contributed by atoms with Gasteiger partial charge in [-0.1, -0.05) is 288 Å². The largest absolute Gasteiger partial charge is 0.472 e. The Hall–Kier alpha value is -5.32. The number of aliphatic hydroxyl groups excluding tert-OH is 1. The maximum absolute atomic E-state index is 13.1. The topological polar surface area (TPSA) is 237 Å². The van der Waals surface area contributed by atoms with Crippen LogP contribution in [0.1, 0.15) is 297 Å². The lowest BCUT2D eigenvalue weighted by molar-refractivity contribution is -0.161. The highest BCUT2D eigenvalue weighted by molar-refractivity contribution is 7.47. The van der Waals surface area contributed by atoms with Crippen LogP contribution in [0.4, 0.5) is 0 Å². The molecular weight excluding hydrogens is 1350 g/mol. The molecule has 0 aromatic heterocycles. The molecule has 3 N–H and O–H groups in total. The van der Waals surface area contributed by atoms with Gasteiger partial charge in [-0.2, -0.15) is 0 Å². The summed E-state index contributed by atoms with van der Waals surface area (Å²) in [5, 5.41) is 10.6. The van der Waals surface area contributed by atoms with E-state index in [9.17, 15) is 43.2 Å². The van der Waals surface area contributed by atoms with Crippen LogP contribution in [0.5, 0.6) is 0 Å². The number of aliphatic hydroxyl groups is 1. The molecule has 17 nitrogen and oxygen atoms in total. The molecule has 0 saturated heterocycles. The van der Waals surface area contributed by atoms with Crippen molar-refractivity contribution in [3.8, 4) is 0 Å². The van der Waals surface area contributed by atoms with Gasteiger partial charge in [0.15, 0.2) is 12.2 Å². The lowest BCUT2D eigenvalue weighted by Gasteiger charge is -2.21. The van der Waals surface area contributed by atoms with Gasteiger partial charge in [-0.05, 0) is 141 Å². The summed E-state index contributed by atoms with van der Waals surface area (Å²) in [6.07, 6.45) is 88.0. The van der Waals surface area contributed by atoms with Crippen molar-refractivity contribution in [2.75, 3.05) is 39.6 Å². The molecule has 0 radical (unpaired) electrons. The van der Waals surface area contributed by atoms with Gasteiger partial charge in [-0.15, -0.1) is 0 Å². The zero-order chi connectivity index (χ0) is 76.0. The molecule has 0 aliphatic heterocycles. The van der Waals surface area contributed by atoms with Crippen molar-refractivity contribution in [3.05, 3.63) is 158 Å². The molecule has 592 valence electrons. The first-order valence-corrected chi connectivity index (χ1v) is 42.7. The quantitative estimate of drug-likeness (QED) is 0.0169. The summed E-state index contributed by atoms with van der Waals surface area (Å²) in [5.74, 6) is -2.30. The molecule has 0 saturated carbocycles. The third kappa shape index (κ3) is 74.9. The van der Waals surface area contributed by atoms with E-state index in [4.69, 9.17) is 37.0 Å². The van der Waals surface area contributed by atoms with E-state index in [0.717, 1.165) is 161 Å². The molecule has 0 spiro atoms. The third-order valence-corrected chi connectivity index (χ3v) is 17.9. The van der Waals surface area contributed by atoms with E-state index in [2.05, 4.69) is 174 Å². The van der Waals surface area contributed by atoms with Crippen molar-refractivity contribution >= 4 is 39.5 Å². The lowest BCUT2D eigenvalue weighted by Crippen LogP contribution is -2.30. The van der Waals surface area contributed by atoms with E-state index < -0.39 is 97.5 Å². The Balaban J connectivity index is 5.44. The van der Waals surface area contributed by atoms with E-state index in [1.807, 2.05) is 12.2 Å². The van der Waals surface area contributed by atoms with E-state index in [0.29, 0.717) is 32.1 Å². The van der Waals surface area contributed by atoms with Crippen LogP contribution in [0.2, 0.25) is 0 Å². The minimum absolute atomic E-state index is 0.0579. The molecule has 5 atom stereocenters. The van der Waals surface area contributed by atoms with E-state index in [1.54, 1.807) is 0 Å². The zero-order valence-corrected chi connectivity index (χ0v) is 66.4. The van der Waals surface area contributed by atoms with E-state index >= 15 is 0 Å². The van der Waals surface area contributed by atoms with Gasteiger partial charge in [0.2, 0.25) is 0 Å². The Morgan fingerprint density at radius 3 is 0.817 bits per heavy atom. The number of rotatable bonds is 73. The highest BCUT2D eigenvalue weighted by Crippen LogP contribution is 2.45. The molecule has 5 unspecified atom stereocenters. The number of unbranched alkanes of at least 4 members (excludes halogenated alkanes) is 21. The van der Waals surface area contributed by atoms with Gasteiger partial charge in [0.05, 0.1) is 26.4 Å². The number of phosphoric acid groups is 2. The normalized spacial score (nSPS) is 14.7. The van der Waals surface area contributed by atoms with Gasteiger partial charge >= 0.3 is 39.5 Å². The van der Waals surface area contributed by atoms with Gasteiger partial charge in [-0.3, -0.25) is 37.3 Å². The summed E-state index contributed by atoms with van der Waals surface area (Å²) in [4.78, 5) is 73.0. The molecule has 0 rings (SSSR count). The number of allylic oxidation sites excluding steroid dienone is 26. The van der Waals surface area contributed by atoms with Crippen molar-refractivity contribution in [2.24, 2.45) is 0 Å². The van der Waals surface area contributed by atoms with E-state index in [1.165, 1.54) is 51.4 Å². The molecule has 0 fully saturated rings. The molecule has 0 aliphatic rings. The fraction of sp³-hybridized carbons (Fsp3) is 0.647. The van der Waals surface area contributed by atoms with Crippen LogP contribution in [0.3, 0.4) is 0 Å². The molecule has 0 aromatic rings. The number of ether oxygens (including phenoxy) is 4. The average molecular weight is 1500 g/mol. The first-order chi connectivity index (χ1) is 50.7. The van der Waals surface area contributed by atoms with Crippen LogP contribution < -0.4 is 0 Å². The van der Waals surface area contributed by atoms with Crippen molar-refractivity contribution in [2.45, 2.75) is 316 Å². The molecule has 0 heterocycles. The van der Waals surface area contributed by atoms with Crippen molar-refractivity contribution in [1.29, 1.82) is 0 Å². The smallest absolute Gasteiger partial charge is 0.462 e. The molecule has 104 heavy (non-hydrogen) atoms. The fourth-order valence-corrected chi connectivity index (χ4v) is 11.6. The number of hydrogen-bond acceptors (Lipinski definition) is 15. The summed E-state index contributed by atoms with van der Waals surface area (Å²) in [5.41, 5.74) is 0. The first kappa shape index (κ1) is 98.7. The maximum atomic E-state index is 13.1. The Labute approximate surface area is 629 Å². The minimum atomic E-state index is -5.00. The molecule has 0 aromatic carbocycles. The van der Waals surface area contributed by atoms with Crippen molar-refractivity contribution < 1.29 is 80.2 Å². The maximum Gasteiger partial charge on any atom is 0.472 e. The standard InChI is InChI=1S/C85H140O17P2/c1-5-9-13-17-21-25-29-33-36-38-39-41-44-47-50-54-58-62-66-70-83(88)95-75-80(101-84(89)71-67-63-59-55-51-45-32-28-24-20-16-12-8-4)77-99-103(91,92)97-73-79(86)74-98-104(93,94)100-78-81(102-85(90)72-68-64-60-56-52-48-42-35-31-27-23-19-15-11-7-3)76-96-82(87)69-65-61-57-53-49-46-43-40-37-34-30-26-22-18-14-10-6-2/h9-11,13-15,21-23,25-27,33-37,39,41-43,46-47,50,53,57,79-81,86H,5-8,12,16-20,24,28-32,38,40,44-45,48-49,51-52,54-56,58-78H2,1-4H3,(H,91,92)(H,93,94)/b13-9-,14-10-,15-11-,25-21-,26-22-,27-23-,36-33-,37-34-,41-39-,42-35-,46-43-,50-47-,57-53-. The minimum Gasteiger partial charge on any atom is -0.462 e. The van der Waals surface area contributed by atoms with Gasteiger partial charge in [0.25, 0.3) is 0 Å². The Morgan fingerprint density at radius 1 is 0.279 bits per heavy atom. The predicted molar refractivity (Wildman–Crippen MR) is 427 cm³/mol. The lowest BCUT2D eigenvalue weighted by atomic mass is 10.0.